The summed E-state index contributed by atoms with van der Waals surface area (Å²) in [6.07, 6.45) is 0. The first-order valence-corrected chi connectivity index (χ1v) is 6.96. The van der Waals surface area contributed by atoms with Crippen LogP contribution in [0, 0.1) is 16.3 Å². The molecule has 0 aliphatic heterocycles. The van der Waals surface area contributed by atoms with Crippen LogP contribution in [-0.2, 0) is 6.54 Å². The van der Waals surface area contributed by atoms with Gasteiger partial charge in [0.2, 0.25) is 0 Å². The minimum Gasteiger partial charge on any atom is -0.380 e. The molecule has 2 rings (SSSR count). The number of hydrogen-bond acceptors (Lipinski definition) is 1. The van der Waals surface area contributed by atoms with Crippen LogP contribution in [0.4, 0.5) is 10.1 Å². The molecule has 1 nitrogen and oxygen atoms in total. The lowest BCUT2D eigenvalue weighted by molar-refractivity contribution is 0.612. The summed E-state index contributed by atoms with van der Waals surface area (Å²) < 4.78 is 14.6. The Morgan fingerprint density at radius 1 is 1.22 bits per heavy atom. The molecule has 0 saturated heterocycles. The summed E-state index contributed by atoms with van der Waals surface area (Å²) in [5, 5.41) is 3.92. The third kappa shape index (κ3) is 3.36. The normalized spacial score (nSPS) is 10.4. The first-order chi connectivity index (χ1) is 8.56. The highest BCUT2D eigenvalue weighted by Gasteiger charge is 2.04. The van der Waals surface area contributed by atoms with Crippen molar-refractivity contribution in [2.75, 3.05) is 5.32 Å². The second kappa shape index (κ2) is 5.89. The Hall–Kier alpha value is -0.810. The number of anilines is 1. The van der Waals surface area contributed by atoms with E-state index in [-0.39, 0.29) is 5.82 Å². The number of rotatable bonds is 3. The van der Waals surface area contributed by atoms with Crippen molar-refractivity contribution in [3.8, 4) is 0 Å². The maximum atomic E-state index is 13.6. The van der Waals surface area contributed by atoms with Crippen molar-refractivity contribution in [2.45, 2.75) is 13.5 Å². The monoisotopic (exact) mass is 375 g/mol. The number of hydrogen-bond donors (Lipinski definition) is 1. The highest BCUT2D eigenvalue weighted by Crippen LogP contribution is 2.23. The van der Waals surface area contributed by atoms with Gasteiger partial charge in [0.1, 0.15) is 5.82 Å². The summed E-state index contributed by atoms with van der Waals surface area (Å²) in [6, 6.07) is 10.7. The van der Waals surface area contributed by atoms with E-state index in [2.05, 4.69) is 27.9 Å². The third-order valence-corrected chi connectivity index (χ3v) is 3.73. The van der Waals surface area contributed by atoms with Gasteiger partial charge in [-0.25, -0.2) is 4.39 Å². The van der Waals surface area contributed by atoms with Gasteiger partial charge in [0.25, 0.3) is 0 Å². The van der Waals surface area contributed by atoms with E-state index < -0.39 is 0 Å². The van der Waals surface area contributed by atoms with Gasteiger partial charge in [-0.15, -0.1) is 0 Å². The highest BCUT2D eigenvalue weighted by atomic mass is 127. The number of benzene rings is 2. The molecular formula is C14H12ClFIN. The summed E-state index contributed by atoms with van der Waals surface area (Å²) >= 11 is 8.09. The molecular weight excluding hydrogens is 364 g/mol. The smallest absolute Gasteiger partial charge is 0.128 e. The van der Waals surface area contributed by atoms with Crippen molar-refractivity contribution in [3.63, 3.8) is 0 Å². The van der Waals surface area contributed by atoms with Gasteiger partial charge in [-0.1, -0.05) is 29.3 Å². The average molecular weight is 376 g/mol. The molecule has 0 heterocycles. The second-order valence-electron chi connectivity index (χ2n) is 4.07. The predicted molar refractivity (Wildman–Crippen MR) is 82.6 cm³/mol. The van der Waals surface area contributed by atoms with Crippen LogP contribution in [0.15, 0.2) is 36.4 Å². The van der Waals surface area contributed by atoms with E-state index in [9.17, 15) is 4.39 Å². The summed E-state index contributed by atoms with van der Waals surface area (Å²) in [4.78, 5) is 0. The summed E-state index contributed by atoms with van der Waals surface area (Å²) in [5.41, 5.74) is 2.68. The van der Waals surface area contributed by atoms with Crippen LogP contribution in [0.2, 0.25) is 5.02 Å². The quantitative estimate of drug-likeness (QED) is 0.744. The third-order valence-electron chi connectivity index (χ3n) is 2.60. The molecule has 0 fully saturated rings. The molecule has 0 aliphatic rings. The lowest BCUT2D eigenvalue weighted by Crippen LogP contribution is -2.03. The van der Waals surface area contributed by atoms with Crippen LogP contribution in [0.25, 0.3) is 0 Å². The van der Waals surface area contributed by atoms with Crippen LogP contribution in [0.3, 0.4) is 0 Å². The Morgan fingerprint density at radius 3 is 2.72 bits per heavy atom. The van der Waals surface area contributed by atoms with Crippen molar-refractivity contribution in [2.24, 2.45) is 0 Å². The topological polar surface area (TPSA) is 12.0 Å². The fourth-order valence-corrected chi connectivity index (χ4v) is 2.72. The molecule has 0 saturated carbocycles. The van der Waals surface area contributed by atoms with Crippen molar-refractivity contribution >= 4 is 39.9 Å². The Kier molecular flexibility index (Phi) is 4.45. The summed E-state index contributed by atoms with van der Waals surface area (Å²) in [7, 11) is 0. The first kappa shape index (κ1) is 13.6. The van der Waals surface area contributed by atoms with Crippen molar-refractivity contribution < 1.29 is 4.39 Å². The van der Waals surface area contributed by atoms with Gasteiger partial charge in [-0.3, -0.25) is 0 Å². The Bertz CT molecular complexity index is 572. The maximum absolute atomic E-state index is 13.6. The van der Waals surface area contributed by atoms with Crippen LogP contribution in [-0.4, -0.2) is 0 Å². The fraction of sp³-hybridized carbons (Fsp3) is 0.143. The highest BCUT2D eigenvalue weighted by molar-refractivity contribution is 14.1. The summed E-state index contributed by atoms with van der Waals surface area (Å²) in [6.45, 7) is 2.42. The van der Waals surface area contributed by atoms with E-state index >= 15 is 0 Å². The average Bonchev–Trinajstić information content (AvgIpc) is 2.32. The standard InChI is InChI=1S/C14H12ClFIN/c1-9-2-4-12(16)10(6-9)8-18-14-5-3-11(15)7-13(14)17/h2-7,18H,8H2,1H3. The lowest BCUT2D eigenvalue weighted by atomic mass is 10.1. The molecule has 0 amide bonds. The Balaban J connectivity index is 2.13. The zero-order chi connectivity index (χ0) is 13.1. The van der Waals surface area contributed by atoms with Crippen LogP contribution in [0.5, 0.6) is 0 Å². The SMILES string of the molecule is Cc1ccc(F)c(CNc2ccc(Cl)cc2I)c1. The molecule has 18 heavy (non-hydrogen) atoms. The van der Waals surface area contributed by atoms with Gasteiger partial charge >= 0.3 is 0 Å². The maximum Gasteiger partial charge on any atom is 0.128 e. The molecule has 2 aromatic carbocycles. The largest absolute Gasteiger partial charge is 0.380 e. The van der Waals surface area contributed by atoms with Crippen molar-refractivity contribution in [1.82, 2.24) is 0 Å². The minimum atomic E-state index is -0.183. The van der Waals surface area contributed by atoms with Crippen LogP contribution >= 0.6 is 34.2 Å². The number of halogens is 3. The zero-order valence-corrected chi connectivity index (χ0v) is 12.7. The molecule has 0 aromatic heterocycles. The van der Waals surface area contributed by atoms with E-state index in [0.717, 1.165) is 14.8 Å². The van der Waals surface area contributed by atoms with E-state index in [0.29, 0.717) is 17.1 Å². The predicted octanol–water partition coefficient (Wildman–Crippen LogP) is 5.00. The molecule has 4 heteroatoms. The Morgan fingerprint density at radius 2 is 2.00 bits per heavy atom. The molecule has 0 aliphatic carbocycles. The van der Waals surface area contributed by atoms with E-state index in [1.807, 2.05) is 31.2 Å². The second-order valence-corrected chi connectivity index (χ2v) is 5.67. The number of nitrogens with one attached hydrogen (secondary N) is 1. The molecule has 0 bridgehead atoms. The summed E-state index contributed by atoms with van der Waals surface area (Å²) in [5.74, 6) is -0.183. The zero-order valence-electron chi connectivity index (χ0n) is 9.81. The molecule has 0 unspecified atom stereocenters. The molecule has 94 valence electrons. The molecule has 1 N–H and O–H groups in total. The molecule has 2 aromatic rings. The van der Waals surface area contributed by atoms with Gasteiger partial charge < -0.3 is 5.32 Å². The number of aryl methyl sites for hydroxylation is 1. The Labute approximate surface area is 124 Å². The van der Waals surface area contributed by atoms with Gasteiger partial charge in [0, 0.05) is 26.4 Å². The van der Waals surface area contributed by atoms with Crippen molar-refractivity contribution in [1.29, 1.82) is 0 Å². The minimum absolute atomic E-state index is 0.183. The lowest BCUT2D eigenvalue weighted by Gasteiger charge is -2.10. The fourth-order valence-electron chi connectivity index (χ4n) is 1.66. The van der Waals surface area contributed by atoms with Crippen LogP contribution < -0.4 is 5.32 Å². The van der Waals surface area contributed by atoms with Gasteiger partial charge in [0.15, 0.2) is 0 Å². The van der Waals surface area contributed by atoms with Crippen LogP contribution in [0.1, 0.15) is 11.1 Å². The molecule has 0 atom stereocenters. The van der Waals surface area contributed by atoms with Gasteiger partial charge in [0.05, 0.1) is 0 Å². The van der Waals surface area contributed by atoms with E-state index in [4.69, 9.17) is 11.6 Å². The molecule has 0 spiro atoms. The van der Waals surface area contributed by atoms with Gasteiger partial charge in [-0.2, -0.15) is 0 Å². The molecule has 0 radical (unpaired) electrons. The van der Waals surface area contributed by atoms with Gasteiger partial charge in [-0.05, 0) is 53.8 Å². The van der Waals surface area contributed by atoms with E-state index in [1.54, 1.807) is 6.07 Å². The first-order valence-electron chi connectivity index (χ1n) is 5.50. The van der Waals surface area contributed by atoms with E-state index in [1.165, 1.54) is 6.07 Å². The van der Waals surface area contributed by atoms with Crippen molar-refractivity contribution in [3.05, 3.63) is 61.9 Å².